The molecule has 1 heterocycles. The van der Waals surface area contributed by atoms with Crippen molar-refractivity contribution < 1.29 is 33.7 Å². The van der Waals surface area contributed by atoms with Crippen LogP contribution in [0.25, 0.3) is 0 Å². The molecule has 0 saturated carbocycles. The van der Waals surface area contributed by atoms with Gasteiger partial charge in [-0.15, -0.1) is 0 Å². The van der Waals surface area contributed by atoms with Crippen molar-refractivity contribution in [3.63, 3.8) is 0 Å². The Morgan fingerprint density at radius 1 is 1.29 bits per heavy atom. The lowest BCUT2D eigenvalue weighted by Crippen LogP contribution is -2.35. The molecule has 1 aliphatic carbocycles. The van der Waals surface area contributed by atoms with E-state index in [0.717, 1.165) is 11.1 Å². The van der Waals surface area contributed by atoms with E-state index < -0.39 is 29.6 Å². The molecule has 1 saturated heterocycles. The first-order valence-corrected chi connectivity index (χ1v) is 10.4. The summed E-state index contributed by atoms with van der Waals surface area (Å²) in [7, 11) is 0. The van der Waals surface area contributed by atoms with Gasteiger partial charge in [-0.1, -0.05) is 30.4 Å². The summed E-state index contributed by atoms with van der Waals surface area (Å²) in [6.07, 6.45) is 7.77. The van der Waals surface area contributed by atoms with Crippen LogP contribution in [0.2, 0.25) is 0 Å². The Bertz CT molecular complexity index is 810. The highest BCUT2D eigenvalue weighted by atomic mass is 16.5. The number of allylic oxidation sites excluding steroid dienone is 2. The molecule has 2 rings (SSSR count). The highest BCUT2D eigenvalue weighted by molar-refractivity contribution is 5.90. The molecule has 0 aromatic rings. The molecule has 1 aliphatic heterocycles. The van der Waals surface area contributed by atoms with Gasteiger partial charge in [0.1, 0.15) is 12.7 Å². The number of carbonyl (C=O) groups is 3. The summed E-state index contributed by atoms with van der Waals surface area (Å²) in [4.78, 5) is 35.4. The molecule has 0 aromatic carbocycles. The van der Waals surface area contributed by atoms with E-state index in [0.29, 0.717) is 24.8 Å². The molecule has 7 nitrogen and oxygen atoms in total. The van der Waals surface area contributed by atoms with Gasteiger partial charge < -0.3 is 19.3 Å². The lowest BCUT2D eigenvalue weighted by atomic mass is 9.76. The van der Waals surface area contributed by atoms with Crippen molar-refractivity contribution in [2.24, 2.45) is 11.8 Å². The van der Waals surface area contributed by atoms with Gasteiger partial charge in [0, 0.05) is 37.7 Å². The molecule has 0 spiro atoms. The van der Waals surface area contributed by atoms with Crippen LogP contribution in [0.4, 0.5) is 0 Å². The number of rotatable bonds is 5. The standard InChI is InChI=1S/C24H32O7/c1-15-11-19(31-17(3)26)12-18(13-29-16(2)25)8-9-20-21(7-6-10-24(4,5)28)23(27)30-14-22(15)20/h6-7,10,12,19-20,22,28H,1,8-9,11,13-14H2,2-5H3/b10-6+,18-12+,21-7+/t19-,20-,22+/m1/s1. The van der Waals surface area contributed by atoms with Crippen molar-refractivity contribution in [2.75, 3.05) is 13.2 Å². The molecule has 0 aromatic heterocycles. The van der Waals surface area contributed by atoms with Gasteiger partial charge in [0.05, 0.1) is 12.2 Å². The van der Waals surface area contributed by atoms with Crippen LogP contribution in [-0.2, 0) is 28.6 Å². The maximum atomic E-state index is 12.5. The summed E-state index contributed by atoms with van der Waals surface area (Å²) in [5.41, 5.74) is 1.15. The fourth-order valence-corrected chi connectivity index (χ4v) is 3.83. The normalized spacial score (nSPS) is 28.0. The van der Waals surface area contributed by atoms with E-state index in [-0.39, 0.29) is 25.0 Å². The number of carbonyl (C=O) groups excluding carboxylic acids is 3. The van der Waals surface area contributed by atoms with Gasteiger partial charge in [-0.2, -0.15) is 0 Å². The highest BCUT2D eigenvalue weighted by Crippen LogP contribution is 2.39. The van der Waals surface area contributed by atoms with Crippen LogP contribution >= 0.6 is 0 Å². The first-order valence-electron chi connectivity index (χ1n) is 10.4. The van der Waals surface area contributed by atoms with Crippen LogP contribution < -0.4 is 0 Å². The molecule has 0 radical (unpaired) electrons. The van der Waals surface area contributed by atoms with Gasteiger partial charge in [0.25, 0.3) is 0 Å². The number of cyclic esters (lactones) is 1. The predicted octanol–water partition coefficient (Wildman–Crippen LogP) is 3.19. The maximum absolute atomic E-state index is 12.5. The molecule has 170 valence electrons. The van der Waals surface area contributed by atoms with Gasteiger partial charge in [0.15, 0.2) is 0 Å². The van der Waals surface area contributed by atoms with Gasteiger partial charge in [0.2, 0.25) is 0 Å². The molecule has 0 bridgehead atoms. The molecular weight excluding hydrogens is 400 g/mol. The van der Waals surface area contributed by atoms with Crippen LogP contribution in [0.5, 0.6) is 0 Å². The fourth-order valence-electron chi connectivity index (χ4n) is 3.83. The maximum Gasteiger partial charge on any atom is 0.334 e. The summed E-state index contributed by atoms with van der Waals surface area (Å²) < 4.78 is 16.0. The Kier molecular flexibility index (Phi) is 8.39. The molecular formula is C24H32O7. The zero-order chi connectivity index (χ0) is 23.2. The second-order valence-electron chi connectivity index (χ2n) is 8.60. The van der Waals surface area contributed by atoms with Crippen LogP contribution in [0.15, 0.2) is 47.6 Å². The third kappa shape index (κ3) is 7.83. The quantitative estimate of drug-likeness (QED) is 0.308. The molecule has 1 fully saturated rings. The number of hydrogen-bond acceptors (Lipinski definition) is 7. The minimum absolute atomic E-state index is 0.0963. The van der Waals surface area contributed by atoms with E-state index in [1.54, 1.807) is 32.1 Å². The van der Waals surface area contributed by atoms with Crippen LogP contribution in [0.3, 0.4) is 0 Å². The Morgan fingerprint density at radius 3 is 2.61 bits per heavy atom. The highest BCUT2D eigenvalue weighted by Gasteiger charge is 2.38. The topological polar surface area (TPSA) is 99.1 Å². The van der Waals surface area contributed by atoms with Crippen molar-refractivity contribution in [3.05, 3.63) is 47.6 Å². The van der Waals surface area contributed by atoms with Crippen molar-refractivity contribution in [1.82, 2.24) is 0 Å². The van der Waals surface area contributed by atoms with Gasteiger partial charge in [-0.05, 0) is 38.3 Å². The second-order valence-corrected chi connectivity index (χ2v) is 8.60. The molecule has 3 atom stereocenters. The summed E-state index contributed by atoms with van der Waals surface area (Å²) in [5.74, 6) is -1.48. The molecule has 7 heteroatoms. The van der Waals surface area contributed by atoms with Crippen LogP contribution in [0.1, 0.15) is 47.0 Å². The number of ether oxygens (including phenoxy) is 3. The Hall–Kier alpha value is -2.67. The van der Waals surface area contributed by atoms with E-state index in [9.17, 15) is 19.5 Å². The summed E-state index contributed by atoms with van der Waals surface area (Å²) in [6.45, 7) is 10.5. The van der Waals surface area contributed by atoms with Crippen molar-refractivity contribution in [2.45, 2.75) is 58.7 Å². The minimum atomic E-state index is -1.01. The first kappa shape index (κ1) is 24.6. The fraction of sp³-hybridized carbons (Fsp3) is 0.542. The molecule has 1 N–H and O–H groups in total. The Labute approximate surface area is 183 Å². The average molecular weight is 433 g/mol. The van der Waals surface area contributed by atoms with E-state index >= 15 is 0 Å². The van der Waals surface area contributed by atoms with Gasteiger partial charge >= 0.3 is 17.9 Å². The first-order chi connectivity index (χ1) is 14.5. The predicted molar refractivity (Wildman–Crippen MR) is 115 cm³/mol. The number of hydrogen-bond donors (Lipinski definition) is 1. The smallest absolute Gasteiger partial charge is 0.334 e. The largest absolute Gasteiger partial charge is 0.462 e. The van der Waals surface area contributed by atoms with Gasteiger partial charge in [-0.25, -0.2) is 4.79 Å². The zero-order valence-electron chi connectivity index (χ0n) is 18.7. The Morgan fingerprint density at radius 2 is 2.00 bits per heavy atom. The monoisotopic (exact) mass is 432 g/mol. The average Bonchev–Trinajstić information content (AvgIpc) is 2.69. The summed E-state index contributed by atoms with van der Waals surface area (Å²) >= 11 is 0. The SMILES string of the molecule is C=C1C[C@@H](OC(C)=O)/C=C(/COC(C)=O)CC[C@@H]2/C(=C\C=C\C(C)(C)O)C(=O)OC[C@@H]12. The van der Waals surface area contributed by atoms with Crippen LogP contribution in [-0.4, -0.2) is 47.9 Å². The lowest BCUT2D eigenvalue weighted by molar-refractivity contribution is -0.145. The molecule has 0 amide bonds. The van der Waals surface area contributed by atoms with Crippen LogP contribution in [0, 0.1) is 11.8 Å². The van der Waals surface area contributed by atoms with E-state index in [2.05, 4.69) is 6.58 Å². The van der Waals surface area contributed by atoms with Crippen molar-refractivity contribution in [1.29, 1.82) is 0 Å². The molecule has 0 unspecified atom stereocenters. The summed E-state index contributed by atoms with van der Waals surface area (Å²) in [6, 6.07) is 0. The summed E-state index contributed by atoms with van der Waals surface area (Å²) in [5, 5.41) is 9.91. The number of fused-ring (bicyclic) bond motifs is 1. The third-order valence-corrected chi connectivity index (χ3v) is 5.26. The Balaban J connectivity index is 2.36. The number of aliphatic hydroxyl groups is 1. The zero-order valence-corrected chi connectivity index (χ0v) is 18.7. The number of esters is 3. The van der Waals surface area contributed by atoms with Gasteiger partial charge in [-0.3, -0.25) is 9.59 Å². The molecule has 2 aliphatic rings. The minimum Gasteiger partial charge on any atom is -0.462 e. The van der Waals surface area contributed by atoms with E-state index in [1.165, 1.54) is 13.8 Å². The van der Waals surface area contributed by atoms with Crippen molar-refractivity contribution in [3.8, 4) is 0 Å². The second kappa shape index (κ2) is 10.6. The third-order valence-electron chi connectivity index (χ3n) is 5.26. The van der Waals surface area contributed by atoms with E-state index in [4.69, 9.17) is 14.2 Å². The van der Waals surface area contributed by atoms with E-state index in [1.807, 2.05) is 6.08 Å². The molecule has 31 heavy (non-hydrogen) atoms. The van der Waals surface area contributed by atoms with Crippen molar-refractivity contribution >= 4 is 17.9 Å². The lowest BCUT2D eigenvalue weighted by Gasteiger charge is -2.34.